The van der Waals surface area contributed by atoms with Gasteiger partial charge in [-0.2, -0.15) is 0 Å². The van der Waals surface area contributed by atoms with E-state index in [-0.39, 0.29) is 11.4 Å². The maximum absolute atomic E-state index is 13.6. The third kappa shape index (κ3) is 4.57. The minimum Gasteiger partial charge on any atom is -0.402 e. The van der Waals surface area contributed by atoms with E-state index in [1.54, 1.807) is 14.0 Å². The summed E-state index contributed by atoms with van der Waals surface area (Å²) in [6.07, 6.45) is 2.02. The Kier molecular flexibility index (Phi) is 6.13. The molecule has 3 aromatic rings. The Morgan fingerprint density at radius 1 is 1.15 bits per heavy atom. The molecule has 5 nitrogen and oxygen atoms in total. The summed E-state index contributed by atoms with van der Waals surface area (Å²) in [6, 6.07) is 17.3. The zero-order valence-electron chi connectivity index (χ0n) is 19.4. The van der Waals surface area contributed by atoms with Crippen LogP contribution in [0.4, 0.5) is 5.69 Å². The van der Waals surface area contributed by atoms with Crippen LogP contribution in [0.3, 0.4) is 0 Å². The van der Waals surface area contributed by atoms with Gasteiger partial charge in [0.15, 0.2) is 0 Å². The lowest BCUT2D eigenvalue weighted by Crippen LogP contribution is -2.37. The van der Waals surface area contributed by atoms with Crippen molar-refractivity contribution in [2.24, 2.45) is 5.73 Å². The van der Waals surface area contributed by atoms with Crippen molar-refractivity contribution in [3.63, 3.8) is 0 Å². The number of nitrogens with two attached hydrogens (primary N) is 1. The monoisotopic (exact) mass is 439 g/mol. The SMILES string of the molecule is C=c1/c(=C(\C)N)c(C(=O)Nc2ccc(COC)cc2)c(C#Cc2ccccc2)n1C1(C)CC1. The van der Waals surface area contributed by atoms with Crippen LogP contribution in [-0.2, 0) is 16.9 Å². The first-order valence-corrected chi connectivity index (χ1v) is 11.0. The maximum Gasteiger partial charge on any atom is 0.259 e. The Bertz CT molecular complexity index is 1350. The van der Waals surface area contributed by atoms with Gasteiger partial charge in [0.05, 0.1) is 12.2 Å². The molecule has 1 heterocycles. The molecule has 33 heavy (non-hydrogen) atoms. The van der Waals surface area contributed by atoms with Gasteiger partial charge in [0.1, 0.15) is 5.69 Å². The van der Waals surface area contributed by atoms with Gasteiger partial charge in [-0.1, -0.05) is 42.8 Å². The van der Waals surface area contributed by atoms with E-state index in [1.807, 2.05) is 54.6 Å². The number of hydrogen-bond donors (Lipinski definition) is 2. The third-order valence-corrected chi connectivity index (χ3v) is 6.03. The molecule has 5 heteroatoms. The lowest BCUT2D eigenvalue weighted by atomic mass is 10.1. The van der Waals surface area contributed by atoms with Crippen molar-refractivity contribution in [2.45, 2.75) is 38.8 Å². The number of amides is 1. The Morgan fingerprint density at radius 2 is 1.82 bits per heavy atom. The molecule has 3 N–H and O–H groups in total. The molecule has 1 aliphatic carbocycles. The van der Waals surface area contributed by atoms with Crippen LogP contribution in [0.1, 0.15) is 53.9 Å². The fourth-order valence-electron chi connectivity index (χ4n) is 4.08. The van der Waals surface area contributed by atoms with Crippen LogP contribution in [0.15, 0.2) is 54.6 Å². The number of nitrogens with one attached hydrogen (secondary N) is 1. The second-order valence-electron chi connectivity index (χ2n) is 8.76. The summed E-state index contributed by atoms with van der Waals surface area (Å²) in [5.41, 5.74) is 10.4. The van der Waals surface area contributed by atoms with Crippen LogP contribution < -0.4 is 21.6 Å². The summed E-state index contributed by atoms with van der Waals surface area (Å²) in [5.74, 6) is 6.25. The molecular weight excluding hydrogens is 410 g/mol. The highest BCUT2D eigenvalue weighted by molar-refractivity contribution is 6.06. The lowest BCUT2D eigenvalue weighted by molar-refractivity contribution is 0.102. The summed E-state index contributed by atoms with van der Waals surface area (Å²) < 4.78 is 7.27. The first kappa shape index (κ1) is 22.4. The summed E-state index contributed by atoms with van der Waals surface area (Å²) in [6.45, 7) is 8.79. The van der Waals surface area contributed by atoms with E-state index in [4.69, 9.17) is 10.5 Å². The molecule has 0 saturated heterocycles. The quantitative estimate of drug-likeness (QED) is 0.600. The first-order chi connectivity index (χ1) is 15.8. The number of hydrogen-bond acceptors (Lipinski definition) is 3. The minimum atomic E-state index is -0.250. The van der Waals surface area contributed by atoms with Gasteiger partial charge < -0.3 is 20.4 Å². The first-order valence-electron chi connectivity index (χ1n) is 11.0. The number of carbonyl (C=O) groups excluding carboxylic acids is 1. The topological polar surface area (TPSA) is 69.3 Å². The fraction of sp³-hybridized carbons (Fsp3) is 0.250. The van der Waals surface area contributed by atoms with Crippen molar-refractivity contribution in [1.82, 2.24) is 4.57 Å². The molecule has 4 rings (SSSR count). The molecule has 1 aromatic heterocycles. The van der Waals surface area contributed by atoms with Crippen LogP contribution >= 0.6 is 0 Å². The zero-order chi connectivity index (χ0) is 23.6. The molecule has 0 aliphatic heterocycles. The molecule has 168 valence electrons. The molecule has 2 aromatic carbocycles. The number of rotatable bonds is 5. The van der Waals surface area contributed by atoms with E-state index < -0.39 is 0 Å². The molecule has 0 atom stereocenters. The Labute approximate surface area is 194 Å². The minimum absolute atomic E-state index is 0.109. The van der Waals surface area contributed by atoms with Gasteiger partial charge in [-0.05, 0) is 62.4 Å². The predicted molar refractivity (Wildman–Crippen MR) is 133 cm³/mol. The molecular formula is C28H29N3O2. The number of methoxy groups -OCH3 is 1. The van der Waals surface area contributed by atoms with Crippen molar-refractivity contribution in [1.29, 1.82) is 0 Å². The maximum atomic E-state index is 13.6. The molecule has 0 bridgehead atoms. The largest absolute Gasteiger partial charge is 0.402 e. The number of carbonyl (C=O) groups is 1. The van der Waals surface area contributed by atoms with Gasteiger partial charge in [-0.25, -0.2) is 0 Å². The second kappa shape index (κ2) is 9.01. The van der Waals surface area contributed by atoms with Crippen molar-refractivity contribution in [3.8, 4) is 11.8 Å². The Morgan fingerprint density at radius 3 is 2.39 bits per heavy atom. The average molecular weight is 440 g/mol. The zero-order valence-corrected chi connectivity index (χ0v) is 19.4. The van der Waals surface area contributed by atoms with Crippen LogP contribution in [-0.4, -0.2) is 17.6 Å². The molecule has 1 saturated carbocycles. The highest BCUT2D eigenvalue weighted by Crippen LogP contribution is 2.42. The standard InChI is InChI=1S/C28H29N3O2/c1-19(29)25-20(2)31(28(3)16-17-28)24(15-12-21-8-6-5-7-9-21)26(25)27(32)30-23-13-10-22(11-14-23)18-33-4/h5-11,13-14H,2,16-18,29H2,1,3-4H3,(H,30,32)/b25-19-. The summed E-state index contributed by atoms with van der Waals surface area (Å²) in [5, 5.41) is 4.41. The smallest absolute Gasteiger partial charge is 0.259 e. The van der Waals surface area contributed by atoms with E-state index in [2.05, 4.69) is 35.2 Å². The molecule has 0 radical (unpaired) electrons. The predicted octanol–water partition coefficient (Wildman–Crippen LogP) is 3.29. The summed E-state index contributed by atoms with van der Waals surface area (Å²) in [4.78, 5) is 13.6. The van der Waals surface area contributed by atoms with Crippen molar-refractivity contribution >= 4 is 23.9 Å². The highest BCUT2D eigenvalue weighted by atomic mass is 16.5. The van der Waals surface area contributed by atoms with Gasteiger partial charge in [-0.15, -0.1) is 0 Å². The summed E-state index contributed by atoms with van der Waals surface area (Å²) >= 11 is 0. The van der Waals surface area contributed by atoms with E-state index in [0.717, 1.165) is 29.3 Å². The number of aromatic nitrogens is 1. The van der Waals surface area contributed by atoms with Gasteiger partial charge in [0.2, 0.25) is 0 Å². The van der Waals surface area contributed by atoms with Gasteiger partial charge >= 0.3 is 0 Å². The van der Waals surface area contributed by atoms with Crippen molar-refractivity contribution in [3.05, 3.63) is 87.5 Å². The Hall–Kier alpha value is -3.75. The van der Waals surface area contributed by atoms with E-state index in [0.29, 0.717) is 34.5 Å². The molecule has 0 spiro atoms. The van der Waals surface area contributed by atoms with E-state index >= 15 is 0 Å². The lowest BCUT2D eigenvalue weighted by Gasteiger charge is -2.14. The van der Waals surface area contributed by atoms with Crippen LogP contribution in [0.5, 0.6) is 0 Å². The van der Waals surface area contributed by atoms with Crippen LogP contribution in [0, 0.1) is 11.8 Å². The van der Waals surface area contributed by atoms with Crippen LogP contribution in [0.2, 0.25) is 0 Å². The number of benzene rings is 2. The average Bonchev–Trinajstić information content (AvgIpc) is 3.45. The van der Waals surface area contributed by atoms with Crippen molar-refractivity contribution < 1.29 is 9.53 Å². The molecule has 1 amide bonds. The second-order valence-corrected chi connectivity index (χ2v) is 8.76. The number of ether oxygens (including phenoxy) is 1. The van der Waals surface area contributed by atoms with Crippen LogP contribution in [0.25, 0.3) is 12.3 Å². The number of nitrogens with zero attached hydrogens (tertiary/aromatic N) is 1. The normalized spacial score (nSPS) is 14.8. The molecule has 1 fully saturated rings. The van der Waals surface area contributed by atoms with E-state index in [1.165, 1.54) is 0 Å². The fourth-order valence-corrected chi connectivity index (χ4v) is 4.08. The Balaban J connectivity index is 1.84. The summed E-state index contributed by atoms with van der Waals surface area (Å²) in [7, 11) is 1.66. The molecule has 1 aliphatic rings. The third-order valence-electron chi connectivity index (χ3n) is 6.03. The van der Waals surface area contributed by atoms with Gasteiger partial charge in [-0.3, -0.25) is 4.79 Å². The number of anilines is 1. The highest BCUT2D eigenvalue weighted by Gasteiger charge is 2.42. The molecule has 0 unspecified atom stereocenters. The van der Waals surface area contributed by atoms with Gasteiger partial charge in [0, 0.05) is 40.2 Å². The van der Waals surface area contributed by atoms with Gasteiger partial charge in [0.25, 0.3) is 5.91 Å². The van der Waals surface area contributed by atoms with E-state index in [9.17, 15) is 4.79 Å². The van der Waals surface area contributed by atoms with Crippen molar-refractivity contribution in [2.75, 3.05) is 12.4 Å².